The Hall–Kier alpha value is -3.22. The molecular weight excluding hydrogens is 356 g/mol. The number of rotatable bonds is 4. The van der Waals surface area contributed by atoms with E-state index in [0.717, 1.165) is 48.1 Å². The predicted octanol–water partition coefficient (Wildman–Crippen LogP) is 3.09. The van der Waals surface area contributed by atoms with Gasteiger partial charge >= 0.3 is 5.97 Å². The number of nitrogens with one attached hydrogen (secondary N) is 2. The minimum absolute atomic E-state index is 0.0450. The predicted molar refractivity (Wildman–Crippen MR) is 105 cm³/mol. The molecule has 1 fully saturated rings. The molecule has 144 valence electrons. The van der Waals surface area contributed by atoms with Crippen molar-refractivity contribution in [3.8, 4) is 11.4 Å². The first kappa shape index (κ1) is 18.2. The summed E-state index contributed by atoms with van der Waals surface area (Å²) in [4.78, 5) is 36.0. The second-order valence-electron chi connectivity index (χ2n) is 7.10. The Morgan fingerprint density at radius 2 is 1.86 bits per heavy atom. The first-order valence-electron chi connectivity index (χ1n) is 9.43. The van der Waals surface area contributed by atoms with Gasteiger partial charge in [0, 0.05) is 23.4 Å². The number of esters is 1. The SMILES string of the molecule is COC(=O)C1CCC(NC(=O)c2ccc(-c3nc4ccncc4[nH]3)cc2)CC1. The summed E-state index contributed by atoms with van der Waals surface area (Å²) in [6.45, 7) is 0. The third kappa shape index (κ3) is 3.74. The first-order valence-corrected chi connectivity index (χ1v) is 9.43. The Balaban J connectivity index is 1.38. The van der Waals surface area contributed by atoms with Crippen LogP contribution in [-0.4, -0.2) is 40.0 Å². The van der Waals surface area contributed by atoms with Crippen LogP contribution in [0.4, 0.5) is 0 Å². The smallest absolute Gasteiger partial charge is 0.308 e. The molecule has 3 aromatic rings. The van der Waals surface area contributed by atoms with Crippen molar-refractivity contribution in [1.29, 1.82) is 0 Å². The number of aromatic amines is 1. The molecule has 0 radical (unpaired) electrons. The highest BCUT2D eigenvalue weighted by Crippen LogP contribution is 2.26. The zero-order chi connectivity index (χ0) is 19.5. The summed E-state index contributed by atoms with van der Waals surface area (Å²) < 4.78 is 4.80. The van der Waals surface area contributed by atoms with Gasteiger partial charge in [-0.25, -0.2) is 4.98 Å². The van der Waals surface area contributed by atoms with Crippen LogP contribution < -0.4 is 5.32 Å². The van der Waals surface area contributed by atoms with E-state index >= 15 is 0 Å². The summed E-state index contributed by atoms with van der Waals surface area (Å²) in [5.74, 6) is 0.455. The molecule has 0 spiro atoms. The van der Waals surface area contributed by atoms with Gasteiger partial charge in [0.25, 0.3) is 5.91 Å². The van der Waals surface area contributed by atoms with Crippen LogP contribution in [0.1, 0.15) is 36.0 Å². The fourth-order valence-electron chi connectivity index (χ4n) is 3.68. The maximum absolute atomic E-state index is 12.5. The zero-order valence-electron chi connectivity index (χ0n) is 15.6. The number of fused-ring (bicyclic) bond motifs is 1. The maximum atomic E-state index is 12.5. The van der Waals surface area contributed by atoms with Gasteiger partial charge in [0.1, 0.15) is 5.82 Å². The minimum Gasteiger partial charge on any atom is -0.469 e. The highest BCUT2D eigenvalue weighted by molar-refractivity contribution is 5.95. The highest BCUT2D eigenvalue weighted by Gasteiger charge is 2.27. The van der Waals surface area contributed by atoms with E-state index in [-0.39, 0.29) is 23.8 Å². The molecule has 2 N–H and O–H groups in total. The average molecular weight is 378 g/mol. The van der Waals surface area contributed by atoms with Crippen molar-refractivity contribution in [1.82, 2.24) is 20.3 Å². The average Bonchev–Trinajstić information content (AvgIpc) is 3.18. The van der Waals surface area contributed by atoms with Crippen LogP contribution in [0.15, 0.2) is 42.7 Å². The number of nitrogens with zero attached hydrogens (tertiary/aromatic N) is 2. The molecule has 0 aliphatic heterocycles. The topological polar surface area (TPSA) is 97.0 Å². The Morgan fingerprint density at radius 3 is 2.54 bits per heavy atom. The lowest BCUT2D eigenvalue weighted by Gasteiger charge is -2.27. The fraction of sp³-hybridized carbons (Fsp3) is 0.333. The lowest BCUT2D eigenvalue weighted by Crippen LogP contribution is -2.38. The van der Waals surface area contributed by atoms with Crippen molar-refractivity contribution in [3.05, 3.63) is 48.3 Å². The summed E-state index contributed by atoms with van der Waals surface area (Å²) in [5, 5.41) is 3.07. The third-order valence-electron chi connectivity index (χ3n) is 5.30. The summed E-state index contributed by atoms with van der Waals surface area (Å²) in [6, 6.07) is 9.32. The largest absolute Gasteiger partial charge is 0.469 e. The molecule has 1 saturated carbocycles. The van der Waals surface area contributed by atoms with Gasteiger partial charge in [-0.2, -0.15) is 0 Å². The van der Waals surface area contributed by atoms with Gasteiger partial charge in [0.05, 0.1) is 30.3 Å². The van der Waals surface area contributed by atoms with Gasteiger partial charge in [0.2, 0.25) is 0 Å². The quantitative estimate of drug-likeness (QED) is 0.680. The number of pyridine rings is 1. The summed E-state index contributed by atoms with van der Waals surface area (Å²) in [7, 11) is 1.42. The van der Waals surface area contributed by atoms with Crippen LogP contribution in [-0.2, 0) is 9.53 Å². The van der Waals surface area contributed by atoms with Gasteiger partial charge in [-0.15, -0.1) is 0 Å². The van der Waals surface area contributed by atoms with E-state index in [2.05, 4.69) is 20.3 Å². The Kier molecular flexibility index (Phi) is 5.06. The Morgan fingerprint density at radius 1 is 1.11 bits per heavy atom. The standard InChI is InChI=1S/C21H22N4O3/c1-28-21(27)15-6-8-16(9-7-15)23-20(26)14-4-2-13(3-5-14)19-24-17-10-11-22-12-18(17)25-19/h2-5,10-12,15-16H,6-9H2,1H3,(H,23,26)(H,24,25). The molecule has 1 aromatic carbocycles. The zero-order valence-corrected chi connectivity index (χ0v) is 15.6. The Bertz CT molecular complexity index is 955. The van der Waals surface area contributed by atoms with Gasteiger partial charge < -0.3 is 15.0 Å². The van der Waals surface area contributed by atoms with Crippen LogP contribution in [0, 0.1) is 5.92 Å². The van der Waals surface area contributed by atoms with Crippen LogP contribution in [0.25, 0.3) is 22.4 Å². The molecule has 0 atom stereocenters. The van der Waals surface area contributed by atoms with Crippen molar-refractivity contribution >= 4 is 22.9 Å². The van der Waals surface area contributed by atoms with E-state index in [0.29, 0.717) is 5.56 Å². The van der Waals surface area contributed by atoms with E-state index in [4.69, 9.17) is 4.74 Å². The number of ether oxygens (including phenoxy) is 1. The van der Waals surface area contributed by atoms with Crippen LogP contribution in [0.3, 0.4) is 0 Å². The van der Waals surface area contributed by atoms with E-state index < -0.39 is 0 Å². The van der Waals surface area contributed by atoms with Crippen LogP contribution in [0.5, 0.6) is 0 Å². The number of hydrogen-bond acceptors (Lipinski definition) is 5. The number of hydrogen-bond donors (Lipinski definition) is 2. The van der Waals surface area contributed by atoms with E-state index in [1.165, 1.54) is 7.11 Å². The number of aromatic nitrogens is 3. The summed E-state index contributed by atoms with van der Waals surface area (Å²) in [5.41, 5.74) is 3.25. The molecule has 1 amide bonds. The molecular formula is C21H22N4O3. The lowest BCUT2D eigenvalue weighted by molar-refractivity contribution is -0.146. The van der Waals surface area contributed by atoms with E-state index in [9.17, 15) is 9.59 Å². The van der Waals surface area contributed by atoms with Gasteiger partial charge in [-0.1, -0.05) is 12.1 Å². The molecule has 2 heterocycles. The number of methoxy groups -OCH3 is 1. The van der Waals surface area contributed by atoms with Crippen molar-refractivity contribution in [2.45, 2.75) is 31.7 Å². The van der Waals surface area contributed by atoms with Crippen molar-refractivity contribution in [3.63, 3.8) is 0 Å². The second-order valence-corrected chi connectivity index (χ2v) is 7.10. The van der Waals surface area contributed by atoms with Crippen LogP contribution in [0.2, 0.25) is 0 Å². The Labute approximate surface area is 162 Å². The van der Waals surface area contributed by atoms with Crippen LogP contribution >= 0.6 is 0 Å². The molecule has 4 rings (SSSR count). The number of carbonyl (C=O) groups is 2. The third-order valence-corrected chi connectivity index (χ3v) is 5.30. The number of imidazole rings is 1. The molecule has 7 nitrogen and oxygen atoms in total. The van der Waals surface area contributed by atoms with Crippen molar-refractivity contribution in [2.75, 3.05) is 7.11 Å². The lowest BCUT2D eigenvalue weighted by atomic mass is 9.86. The van der Waals surface area contributed by atoms with Gasteiger partial charge in [-0.05, 0) is 43.9 Å². The molecule has 2 aromatic heterocycles. The van der Waals surface area contributed by atoms with Gasteiger partial charge in [0.15, 0.2) is 0 Å². The second kappa shape index (κ2) is 7.80. The number of H-pyrrole nitrogens is 1. The number of carbonyl (C=O) groups excluding carboxylic acids is 2. The molecule has 0 bridgehead atoms. The molecule has 7 heteroatoms. The van der Waals surface area contributed by atoms with Gasteiger partial charge in [-0.3, -0.25) is 14.6 Å². The molecule has 1 aliphatic rings. The highest BCUT2D eigenvalue weighted by atomic mass is 16.5. The molecule has 0 unspecified atom stereocenters. The van der Waals surface area contributed by atoms with Crippen molar-refractivity contribution < 1.29 is 14.3 Å². The van der Waals surface area contributed by atoms with E-state index in [1.54, 1.807) is 24.5 Å². The number of benzene rings is 1. The monoisotopic (exact) mass is 378 g/mol. The molecule has 28 heavy (non-hydrogen) atoms. The van der Waals surface area contributed by atoms with E-state index in [1.807, 2.05) is 18.2 Å². The van der Waals surface area contributed by atoms with Crippen molar-refractivity contribution in [2.24, 2.45) is 5.92 Å². The normalized spacial score (nSPS) is 19.3. The fourth-order valence-corrected chi connectivity index (χ4v) is 3.68. The maximum Gasteiger partial charge on any atom is 0.308 e. The molecule has 0 saturated heterocycles. The molecule has 1 aliphatic carbocycles. The summed E-state index contributed by atoms with van der Waals surface area (Å²) >= 11 is 0. The minimum atomic E-state index is -0.151. The number of amides is 1. The first-order chi connectivity index (χ1) is 13.6. The summed E-state index contributed by atoms with van der Waals surface area (Å²) in [6.07, 6.45) is 6.52.